The Morgan fingerprint density at radius 2 is 1.65 bits per heavy atom. The van der Waals surface area contributed by atoms with Crippen molar-refractivity contribution in [2.75, 3.05) is 5.32 Å². The van der Waals surface area contributed by atoms with Gasteiger partial charge in [-0.05, 0) is 30.3 Å². The second-order valence-electron chi connectivity index (χ2n) is 4.23. The molecule has 0 saturated carbocycles. The summed E-state index contributed by atoms with van der Waals surface area (Å²) in [5, 5.41) is 11.4. The minimum atomic E-state index is -0.996. The molecule has 98 valence electrons. The van der Waals surface area contributed by atoms with Crippen LogP contribution in [0.3, 0.4) is 0 Å². The van der Waals surface area contributed by atoms with Crippen LogP contribution in [0.15, 0.2) is 54.7 Å². The number of carboxylic acids is 1. The van der Waals surface area contributed by atoms with Crippen LogP contribution in [0.5, 0.6) is 0 Å². The number of fused-ring (bicyclic) bond motifs is 2. The average molecular weight is 265 g/mol. The Balaban J connectivity index is 2.01. The minimum absolute atomic E-state index is 0.762. The molecule has 0 aliphatic rings. The van der Waals surface area contributed by atoms with Gasteiger partial charge in [0.15, 0.2) is 0 Å². The molecule has 2 aromatic carbocycles. The molecular formula is C15H11N3O2. The summed E-state index contributed by atoms with van der Waals surface area (Å²) < 4.78 is 0. The summed E-state index contributed by atoms with van der Waals surface area (Å²) in [4.78, 5) is 19.5. The number of carbonyl (C=O) groups is 1. The molecule has 2 N–H and O–H groups in total. The van der Waals surface area contributed by atoms with Crippen molar-refractivity contribution in [2.24, 2.45) is 0 Å². The molecule has 0 spiro atoms. The van der Waals surface area contributed by atoms with Gasteiger partial charge >= 0.3 is 5.97 Å². The van der Waals surface area contributed by atoms with Crippen molar-refractivity contribution in [3.63, 3.8) is 0 Å². The van der Waals surface area contributed by atoms with Crippen molar-refractivity contribution >= 4 is 33.7 Å². The van der Waals surface area contributed by atoms with E-state index >= 15 is 0 Å². The Labute approximate surface area is 114 Å². The molecule has 0 aliphatic heterocycles. The smallest absolute Gasteiger partial charge is 0.329 e. The highest BCUT2D eigenvalue weighted by Crippen LogP contribution is 2.19. The van der Waals surface area contributed by atoms with Crippen molar-refractivity contribution < 1.29 is 9.90 Å². The molecule has 0 bridgehead atoms. The van der Waals surface area contributed by atoms with E-state index in [0.29, 0.717) is 0 Å². The fourth-order valence-electron chi connectivity index (χ4n) is 1.92. The molecule has 1 heterocycles. The maximum atomic E-state index is 10.4. The normalized spacial score (nSPS) is 11.2. The van der Waals surface area contributed by atoms with Gasteiger partial charge in [-0.15, -0.1) is 0 Å². The molecule has 5 nitrogen and oxygen atoms in total. The number of carboxylic acid groups (broad SMARTS) is 1. The number of anilines is 1. The Hall–Kier alpha value is -2.95. The third kappa shape index (κ3) is 2.42. The Morgan fingerprint density at radius 3 is 2.35 bits per heavy atom. The number of nitrogens with zero attached hydrogens (tertiary/aromatic N) is 2. The lowest BCUT2D eigenvalue weighted by atomic mass is 10.2. The minimum Gasteiger partial charge on any atom is -0.478 e. The highest BCUT2D eigenvalue weighted by molar-refractivity contribution is 5.88. The van der Waals surface area contributed by atoms with E-state index in [2.05, 4.69) is 15.3 Å². The van der Waals surface area contributed by atoms with Crippen molar-refractivity contribution in [1.82, 2.24) is 9.97 Å². The van der Waals surface area contributed by atoms with Crippen LogP contribution in [0, 0.1) is 0 Å². The van der Waals surface area contributed by atoms with E-state index in [1.807, 2.05) is 42.5 Å². The van der Waals surface area contributed by atoms with Crippen molar-refractivity contribution in [3.05, 3.63) is 54.7 Å². The molecule has 0 atom stereocenters. The van der Waals surface area contributed by atoms with E-state index in [1.165, 1.54) is 6.20 Å². The van der Waals surface area contributed by atoms with Crippen LogP contribution in [-0.4, -0.2) is 21.0 Å². The number of benzene rings is 2. The Bertz CT molecular complexity index is 828. The lowest BCUT2D eigenvalue weighted by Gasteiger charge is -2.04. The number of hydrogen-bond acceptors (Lipinski definition) is 4. The number of nitrogens with one attached hydrogen (secondary N) is 1. The molecule has 0 radical (unpaired) electrons. The predicted octanol–water partition coefficient (Wildman–Crippen LogP) is 2.79. The first kappa shape index (κ1) is 12.1. The zero-order valence-corrected chi connectivity index (χ0v) is 10.4. The highest BCUT2D eigenvalue weighted by Gasteiger charge is 2.01. The molecule has 5 heteroatoms. The van der Waals surface area contributed by atoms with Crippen LogP contribution in [0.2, 0.25) is 0 Å². The van der Waals surface area contributed by atoms with Crippen molar-refractivity contribution in [2.45, 2.75) is 0 Å². The maximum Gasteiger partial charge on any atom is 0.329 e. The van der Waals surface area contributed by atoms with Gasteiger partial charge in [0.05, 0.1) is 22.1 Å². The van der Waals surface area contributed by atoms with Crippen LogP contribution >= 0.6 is 0 Å². The molecule has 0 saturated heterocycles. The van der Waals surface area contributed by atoms with Gasteiger partial charge < -0.3 is 10.4 Å². The van der Waals surface area contributed by atoms with Gasteiger partial charge in [-0.1, -0.05) is 12.1 Å². The van der Waals surface area contributed by atoms with E-state index in [1.54, 1.807) is 0 Å². The third-order valence-corrected chi connectivity index (χ3v) is 2.81. The van der Waals surface area contributed by atoms with Gasteiger partial charge in [0.1, 0.15) is 0 Å². The molecular weight excluding hydrogens is 254 g/mol. The van der Waals surface area contributed by atoms with E-state index < -0.39 is 5.97 Å². The number of hydrogen-bond donors (Lipinski definition) is 2. The van der Waals surface area contributed by atoms with Crippen molar-refractivity contribution in [3.8, 4) is 0 Å². The molecule has 0 amide bonds. The van der Waals surface area contributed by atoms with Crippen LogP contribution < -0.4 is 5.32 Å². The van der Waals surface area contributed by atoms with Gasteiger partial charge in [0.2, 0.25) is 0 Å². The summed E-state index contributed by atoms with van der Waals surface area (Å²) >= 11 is 0. The maximum absolute atomic E-state index is 10.4. The number of aromatic nitrogens is 2. The fraction of sp³-hybridized carbons (Fsp3) is 0. The van der Waals surface area contributed by atoms with Gasteiger partial charge in [0.25, 0.3) is 0 Å². The standard InChI is InChI=1S/C15H11N3O2/c19-15(20)7-8-16-10-5-6-13-14(9-10)18-12-4-2-1-3-11(12)17-13/h1-9,16H,(H,19,20). The molecule has 1 aromatic heterocycles. The molecule has 20 heavy (non-hydrogen) atoms. The van der Waals surface area contributed by atoms with E-state index in [4.69, 9.17) is 5.11 Å². The average Bonchev–Trinajstić information content (AvgIpc) is 2.44. The molecule has 3 aromatic rings. The summed E-state index contributed by atoms with van der Waals surface area (Å²) in [6, 6.07) is 13.2. The second-order valence-corrected chi connectivity index (χ2v) is 4.23. The lowest BCUT2D eigenvalue weighted by molar-refractivity contribution is -0.131. The SMILES string of the molecule is O=C(O)C=CNc1ccc2nc3ccccc3nc2c1. The zero-order chi connectivity index (χ0) is 13.9. The summed E-state index contributed by atoms with van der Waals surface area (Å²) in [7, 11) is 0. The van der Waals surface area contributed by atoms with E-state index in [9.17, 15) is 4.79 Å². The number of aliphatic carboxylic acids is 1. The van der Waals surface area contributed by atoms with E-state index in [0.717, 1.165) is 33.8 Å². The molecule has 0 aliphatic carbocycles. The van der Waals surface area contributed by atoms with Gasteiger partial charge in [-0.3, -0.25) is 0 Å². The fourth-order valence-corrected chi connectivity index (χ4v) is 1.92. The quantitative estimate of drug-likeness (QED) is 0.562. The van der Waals surface area contributed by atoms with Crippen LogP contribution in [0.25, 0.3) is 22.1 Å². The molecule has 0 unspecified atom stereocenters. The summed E-state index contributed by atoms with van der Waals surface area (Å²) in [6.45, 7) is 0. The lowest BCUT2D eigenvalue weighted by Crippen LogP contribution is -1.93. The first-order chi connectivity index (χ1) is 9.72. The molecule has 3 rings (SSSR count). The largest absolute Gasteiger partial charge is 0.478 e. The molecule has 0 fully saturated rings. The number of rotatable bonds is 3. The number of para-hydroxylation sites is 2. The third-order valence-electron chi connectivity index (χ3n) is 2.81. The first-order valence-corrected chi connectivity index (χ1v) is 6.05. The first-order valence-electron chi connectivity index (χ1n) is 6.05. The van der Waals surface area contributed by atoms with Crippen LogP contribution in [-0.2, 0) is 4.79 Å². The van der Waals surface area contributed by atoms with Crippen LogP contribution in [0.4, 0.5) is 5.69 Å². The van der Waals surface area contributed by atoms with Gasteiger partial charge in [-0.25, -0.2) is 14.8 Å². The van der Waals surface area contributed by atoms with Crippen molar-refractivity contribution in [1.29, 1.82) is 0 Å². The highest BCUT2D eigenvalue weighted by atomic mass is 16.4. The van der Waals surface area contributed by atoms with E-state index in [-0.39, 0.29) is 0 Å². The summed E-state index contributed by atoms with van der Waals surface area (Å²) in [5.74, 6) is -0.996. The monoisotopic (exact) mass is 265 g/mol. The van der Waals surface area contributed by atoms with Crippen LogP contribution in [0.1, 0.15) is 0 Å². The van der Waals surface area contributed by atoms with Gasteiger partial charge in [0, 0.05) is 18.0 Å². The Kier molecular flexibility index (Phi) is 3.01. The topological polar surface area (TPSA) is 75.1 Å². The summed E-state index contributed by atoms with van der Waals surface area (Å²) in [5.41, 5.74) is 4.01. The van der Waals surface area contributed by atoms with Gasteiger partial charge in [-0.2, -0.15) is 0 Å². The second kappa shape index (κ2) is 4.97. The zero-order valence-electron chi connectivity index (χ0n) is 10.4. The predicted molar refractivity (Wildman–Crippen MR) is 77.4 cm³/mol. The summed E-state index contributed by atoms with van der Waals surface area (Å²) in [6.07, 6.45) is 2.41. The Morgan fingerprint density at radius 1 is 1.00 bits per heavy atom.